The van der Waals surface area contributed by atoms with Crippen molar-refractivity contribution in [3.63, 3.8) is 0 Å². The third kappa shape index (κ3) is 2.92. The van der Waals surface area contributed by atoms with E-state index in [0.29, 0.717) is 18.7 Å². The highest BCUT2D eigenvalue weighted by Crippen LogP contribution is 2.15. The topological polar surface area (TPSA) is 38.2 Å². The maximum absolute atomic E-state index is 5.63. The molecular formula is C12H19N3O. The van der Waals surface area contributed by atoms with Gasteiger partial charge in [-0.05, 0) is 39.4 Å². The number of likely N-dealkylation sites (tertiary alicyclic amines) is 1. The van der Waals surface area contributed by atoms with Gasteiger partial charge in [-0.1, -0.05) is 6.42 Å². The molecule has 88 valence electrons. The van der Waals surface area contributed by atoms with Crippen LogP contribution in [-0.2, 0) is 0 Å². The maximum Gasteiger partial charge on any atom is 0.316 e. The Labute approximate surface area is 96.7 Å². The molecule has 0 spiro atoms. The van der Waals surface area contributed by atoms with E-state index in [1.807, 2.05) is 13.0 Å². The van der Waals surface area contributed by atoms with Gasteiger partial charge < -0.3 is 9.64 Å². The zero-order valence-electron chi connectivity index (χ0n) is 10.0. The highest BCUT2D eigenvalue weighted by atomic mass is 16.5. The lowest BCUT2D eigenvalue weighted by molar-refractivity contribution is 0.119. The molecule has 0 aromatic carbocycles. The fraction of sp³-hybridized carbons (Fsp3) is 0.667. The SMILES string of the molecule is Cc1ccnc(OCC2CCCCN2C)n1. The summed E-state index contributed by atoms with van der Waals surface area (Å²) in [6.07, 6.45) is 5.55. The summed E-state index contributed by atoms with van der Waals surface area (Å²) in [5, 5.41) is 0. The Bertz CT molecular complexity index is 343. The Balaban J connectivity index is 1.86. The van der Waals surface area contributed by atoms with E-state index in [1.165, 1.54) is 25.8 Å². The second-order valence-corrected chi connectivity index (χ2v) is 4.42. The van der Waals surface area contributed by atoms with Crippen molar-refractivity contribution in [2.45, 2.75) is 32.2 Å². The highest BCUT2D eigenvalue weighted by molar-refractivity contribution is 5.03. The van der Waals surface area contributed by atoms with Gasteiger partial charge in [-0.3, -0.25) is 0 Å². The lowest BCUT2D eigenvalue weighted by Gasteiger charge is -2.31. The van der Waals surface area contributed by atoms with E-state index in [4.69, 9.17) is 4.74 Å². The van der Waals surface area contributed by atoms with Crippen molar-refractivity contribution in [1.29, 1.82) is 0 Å². The molecule has 0 radical (unpaired) electrons. The molecular weight excluding hydrogens is 202 g/mol. The molecule has 4 nitrogen and oxygen atoms in total. The Kier molecular flexibility index (Phi) is 3.72. The van der Waals surface area contributed by atoms with Crippen molar-refractivity contribution in [3.05, 3.63) is 18.0 Å². The molecule has 1 fully saturated rings. The zero-order chi connectivity index (χ0) is 11.4. The molecule has 0 amide bonds. The summed E-state index contributed by atoms with van der Waals surface area (Å²) in [4.78, 5) is 10.7. The fourth-order valence-corrected chi connectivity index (χ4v) is 2.02. The van der Waals surface area contributed by atoms with Crippen LogP contribution in [0.4, 0.5) is 0 Å². The molecule has 0 bridgehead atoms. The summed E-state index contributed by atoms with van der Waals surface area (Å²) in [6, 6.07) is 2.89. The summed E-state index contributed by atoms with van der Waals surface area (Å²) in [6.45, 7) is 3.81. The normalized spacial score (nSPS) is 22.0. The molecule has 0 saturated carbocycles. The van der Waals surface area contributed by atoms with Gasteiger partial charge in [-0.25, -0.2) is 9.97 Å². The number of nitrogens with zero attached hydrogens (tertiary/aromatic N) is 3. The number of ether oxygens (including phenoxy) is 1. The van der Waals surface area contributed by atoms with E-state index in [0.717, 1.165) is 5.69 Å². The largest absolute Gasteiger partial charge is 0.462 e. The molecule has 1 aliphatic heterocycles. The molecule has 0 aliphatic carbocycles. The van der Waals surface area contributed by atoms with Crippen molar-refractivity contribution in [3.8, 4) is 6.01 Å². The van der Waals surface area contributed by atoms with Crippen LogP contribution in [0, 0.1) is 6.92 Å². The van der Waals surface area contributed by atoms with E-state index in [-0.39, 0.29) is 0 Å². The fourth-order valence-electron chi connectivity index (χ4n) is 2.02. The molecule has 2 heterocycles. The van der Waals surface area contributed by atoms with E-state index in [9.17, 15) is 0 Å². The minimum absolute atomic E-state index is 0.499. The van der Waals surface area contributed by atoms with Gasteiger partial charge in [0.1, 0.15) is 6.61 Å². The molecule has 16 heavy (non-hydrogen) atoms. The molecule has 1 atom stereocenters. The summed E-state index contributed by atoms with van der Waals surface area (Å²) < 4.78 is 5.63. The van der Waals surface area contributed by atoms with Crippen LogP contribution in [0.15, 0.2) is 12.3 Å². The Morgan fingerprint density at radius 2 is 2.38 bits per heavy atom. The summed E-state index contributed by atoms with van der Waals surface area (Å²) in [5.41, 5.74) is 0.946. The monoisotopic (exact) mass is 221 g/mol. The molecule has 1 aromatic heterocycles. The van der Waals surface area contributed by atoms with E-state index in [1.54, 1.807) is 6.20 Å². The zero-order valence-corrected chi connectivity index (χ0v) is 10.0. The second kappa shape index (κ2) is 5.25. The van der Waals surface area contributed by atoms with Gasteiger partial charge in [0.25, 0.3) is 0 Å². The summed E-state index contributed by atoms with van der Waals surface area (Å²) >= 11 is 0. The van der Waals surface area contributed by atoms with Crippen LogP contribution in [0.2, 0.25) is 0 Å². The van der Waals surface area contributed by atoms with Gasteiger partial charge >= 0.3 is 6.01 Å². The second-order valence-electron chi connectivity index (χ2n) is 4.42. The number of hydrogen-bond donors (Lipinski definition) is 0. The first kappa shape index (κ1) is 11.3. The van der Waals surface area contributed by atoms with Crippen LogP contribution in [0.3, 0.4) is 0 Å². The van der Waals surface area contributed by atoms with Crippen molar-refractivity contribution in [1.82, 2.24) is 14.9 Å². The van der Waals surface area contributed by atoms with Crippen LogP contribution in [0.5, 0.6) is 6.01 Å². The lowest BCUT2D eigenvalue weighted by atomic mass is 10.0. The van der Waals surface area contributed by atoms with Crippen molar-refractivity contribution < 1.29 is 4.74 Å². The first-order valence-corrected chi connectivity index (χ1v) is 5.88. The lowest BCUT2D eigenvalue weighted by Crippen LogP contribution is -2.40. The minimum Gasteiger partial charge on any atom is -0.462 e. The first-order valence-electron chi connectivity index (χ1n) is 5.88. The Morgan fingerprint density at radius 3 is 3.12 bits per heavy atom. The molecule has 1 saturated heterocycles. The predicted molar refractivity (Wildman–Crippen MR) is 62.5 cm³/mol. The number of likely N-dealkylation sites (N-methyl/N-ethyl adjacent to an activating group) is 1. The average molecular weight is 221 g/mol. The Morgan fingerprint density at radius 1 is 1.50 bits per heavy atom. The molecule has 1 aromatic rings. The van der Waals surface area contributed by atoms with E-state index >= 15 is 0 Å². The van der Waals surface area contributed by atoms with Crippen molar-refractivity contribution in [2.24, 2.45) is 0 Å². The standard InChI is InChI=1S/C12H19N3O/c1-10-6-7-13-12(14-10)16-9-11-5-3-4-8-15(11)2/h6-7,11H,3-5,8-9H2,1-2H3. The number of piperidine rings is 1. The minimum atomic E-state index is 0.499. The average Bonchev–Trinajstić information content (AvgIpc) is 2.28. The summed E-state index contributed by atoms with van der Waals surface area (Å²) in [7, 11) is 2.16. The van der Waals surface area contributed by atoms with E-state index < -0.39 is 0 Å². The van der Waals surface area contributed by atoms with Crippen LogP contribution in [0.25, 0.3) is 0 Å². The number of aryl methyl sites for hydroxylation is 1. The summed E-state index contributed by atoms with van der Waals surface area (Å²) in [5.74, 6) is 0. The van der Waals surface area contributed by atoms with Crippen LogP contribution >= 0.6 is 0 Å². The third-order valence-electron chi connectivity index (χ3n) is 3.10. The number of aromatic nitrogens is 2. The molecule has 4 heteroatoms. The van der Waals surface area contributed by atoms with Gasteiger partial charge in [-0.2, -0.15) is 0 Å². The molecule has 0 N–H and O–H groups in total. The van der Waals surface area contributed by atoms with Crippen LogP contribution < -0.4 is 4.74 Å². The van der Waals surface area contributed by atoms with Gasteiger partial charge in [0.15, 0.2) is 0 Å². The van der Waals surface area contributed by atoms with E-state index in [2.05, 4.69) is 21.9 Å². The molecule has 1 aliphatic rings. The Hall–Kier alpha value is -1.16. The highest BCUT2D eigenvalue weighted by Gasteiger charge is 2.19. The number of rotatable bonds is 3. The van der Waals surface area contributed by atoms with Crippen LogP contribution in [0.1, 0.15) is 25.0 Å². The maximum atomic E-state index is 5.63. The quantitative estimate of drug-likeness (QED) is 0.778. The van der Waals surface area contributed by atoms with Gasteiger partial charge in [0.2, 0.25) is 0 Å². The predicted octanol–water partition coefficient (Wildman–Crippen LogP) is 1.65. The van der Waals surface area contributed by atoms with Crippen molar-refractivity contribution >= 4 is 0 Å². The third-order valence-corrected chi connectivity index (χ3v) is 3.10. The molecule has 1 unspecified atom stereocenters. The molecule has 2 rings (SSSR count). The number of hydrogen-bond acceptors (Lipinski definition) is 4. The van der Waals surface area contributed by atoms with Crippen molar-refractivity contribution in [2.75, 3.05) is 20.2 Å². The first-order chi connectivity index (χ1) is 7.75. The smallest absolute Gasteiger partial charge is 0.316 e. The van der Waals surface area contributed by atoms with Gasteiger partial charge in [0, 0.05) is 17.9 Å². The van der Waals surface area contributed by atoms with Crippen LogP contribution in [-0.4, -0.2) is 41.1 Å². The van der Waals surface area contributed by atoms with Gasteiger partial charge in [-0.15, -0.1) is 0 Å². The van der Waals surface area contributed by atoms with Gasteiger partial charge in [0.05, 0.1) is 0 Å².